The lowest BCUT2D eigenvalue weighted by Crippen LogP contribution is -2.37. The molecular weight excluding hydrogens is 224 g/mol. The van der Waals surface area contributed by atoms with E-state index in [1.165, 1.54) is 18.6 Å². The van der Waals surface area contributed by atoms with Crippen molar-refractivity contribution in [3.8, 4) is 0 Å². The van der Waals surface area contributed by atoms with Crippen molar-refractivity contribution < 1.29 is 9.53 Å². The number of carbonyl (C=O) groups is 1. The molecule has 1 aromatic rings. The first-order chi connectivity index (χ1) is 8.25. The normalized spacial score (nSPS) is 15.1. The van der Waals surface area contributed by atoms with Crippen LogP contribution in [0.1, 0.15) is 10.5 Å². The SMILES string of the molecule is N/C(=N/C(=O)c1cnccn1)NC1=NCCO1. The van der Waals surface area contributed by atoms with E-state index in [4.69, 9.17) is 10.5 Å². The van der Waals surface area contributed by atoms with E-state index < -0.39 is 5.91 Å². The molecule has 3 N–H and O–H groups in total. The Morgan fingerprint density at radius 1 is 1.53 bits per heavy atom. The first kappa shape index (κ1) is 11.0. The van der Waals surface area contributed by atoms with Crippen molar-refractivity contribution in [2.75, 3.05) is 13.2 Å². The van der Waals surface area contributed by atoms with E-state index in [9.17, 15) is 4.79 Å². The zero-order valence-electron chi connectivity index (χ0n) is 8.83. The van der Waals surface area contributed by atoms with Gasteiger partial charge in [-0.1, -0.05) is 0 Å². The topological polar surface area (TPSA) is 115 Å². The molecule has 0 aromatic carbocycles. The Kier molecular flexibility index (Phi) is 3.24. The molecule has 1 aliphatic rings. The number of amidine groups is 1. The summed E-state index contributed by atoms with van der Waals surface area (Å²) < 4.78 is 5.05. The van der Waals surface area contributed by atoms with E-state index in [0.29, 0.717) is 13.2 Å². The number of nitrogens with zero attached hydrogens (tertiary/aromatic N) is 4. The quantitative estimate of drug-likeness (QED) is 0.471. The smallest absolute Gasteiger partial charge is 0.300 e. The van der Waals surface area contributed by atoms with Gasteiger partial charge in [0.05, 0.1) is 12.7 Å². The molecule has 0 bridgehead atoms. The van der Waals surface area contributed by atoms with Crippen molar-refractivity contribution in [2.45, 2.75) is 0 Å². The molecule has 2 rings (SSSR count). The number of aliphatic imine (C=N–C) groups is 2. The number of hydrogen-bond donors (Lipinski definition) is 2. The Hall–Kier alpha value is -2.51. The Morgan fingerprint density at radius 2 is 2.41 bits per heavy atom. The van der Waals surface area contributed by atoms with E-state index in [0.717, 1.165) is 0 Å². The molecule has 1 aromatic heterocycles. The van der Waals surface area contributed by atoms with Crippen LogP contribution in [0.3, 0.4) is 0 Å². The van der Waals surface area contributed by atoms with Crippen LogP contribution in [-0.4, -0.2) is 41.0 Å². The highest BCUT2D eigenvalue weighted by molar-refractivity contribution is 6.05. The largest absolute Gasteiger partial charge is 0.463 e. The average Bonchev–Trinajstić information content (AvgIpc) is 2.82. The van der Waals surface area contributed by atoms with Gasteiger partial charge in [0.15, 0.2) is 0 Å². The number of aromatic nitrogens is 2. The highest BCUT2D eigenvalue weighted by atomic mass is 16.5. The zero-order chi connectivity index (χ0) is 12.1. The van der Waals surface area contributed by atoms with Crippen LogP contribution in [0.25, 0.3) is 0 Å². The summed E-state index contributed by atoms with van der Waals surface area (Å²) in [5.41, 5.74) is 5.62. The molecular formula is C9H10N6O2. The fraction of sp³-hybridized carbons (Fsp3) is 0.222. The van der Waals surface area contributed by atoms with Gasteiger partial charge in [-0.15, -0.1) is 0 Å². The number of carbonyl (C=O) groups excluding carboxylic acids is 1. The van der Waals surface area contributed by atoms with Crippen LogP contribution < -0.4 is 11.1 Å². The second kappa shape index (κ2) is 5.01. The first-order valence-corrected chi connectivity index (χ1v) is 4.84. The predicted molar refractivity (Wildman–Crippen MR) is 59.4 cm³/mol. The molecule has 0 unspecified atom stereocenters. The molecule has 1 aliphatic heterocycles. The maximum atomic E-state index is 11.5. The first-order valence-electron chi connectivity index (χ1n) is 4.84. The number of nitrogens with two attached hydrogens (primary N) is 1. The van der Waals surface area contributed by atoms with E-state index in [1.807, 2.05) is 0 Å². The lowest BCUT2D eigenvalue weighted by Gasteiger charge is -2.03. The zero-order valence-corrected chi connectivity index (χ0v) is 8.83. The molecule has 17 heavy (non-hydrogen) atoms. The van der Waals surface area contributed by atoms with E-state index in [1.54, 1.807) is 0 Å². The summed E-state index contributed by atoms with van der Waals surface area (Å²) in [5.74, 6) is -0.678. The lowest BCUT2D eigenvalue weighted by molar-refractivity contribution is 0.0997. The Labute approximate surface area is 96.6 Å². The van der Waals surface area contributed by atoms with Crippen LogP contribution in [0.15, 0.2) is 28.6 Å². The van der Waals surface area contributed by atoms with Crippen LogP contribution in [0.2, 0.25) is 0 Å². The molecule has 0 saturated carbocycles. The molecule has 0 atom stereocenters. The van der Waals surface area contributed by atoms with E-state index in [-0.39, 0.29) is 17.7 Å². The van der Waals surface area contributed by atoms with Gasteiger partial charge < -0.3 is 10.5 Å². The van der Waals surface area contributed by atoms with Crippen molar-refractivity contribution in [1.29, 1.82) is 0 Å². The van der Waals surface area contributed by atoms with E-state index >= 15 is 0 Å². The van der Waals surface area contributed by atoms with Crippen LogP contribution in [-0.2, 0) is 4.74 Å². The lowest BCUT2D eigenvalue weighted by atomic mass is 10.4. The molecule has 0 spiro atoms. The minimum atomic E-state index is -0.582. The van der Waals surface area contributed by atoms with Gasteiger partial charge in [-0.3, -0.25) is 15.1 Å². The van der Waals surface area contributed by atoms with Gasteiger partial charge in [-0.2, -0.15) is 4.99 Å². The van der Waals surface area contributed by atoms with E-state index in [2.05, 4.69) is 25.3 Å². The molecule has 88 valence electrons. The molecule has 8 heteroatoms. The Bertz CT molecular complexity index is 470. The molecule has 0 saturated heterocycles. The van der Waals surface area contributed by atoms with Crippen molar-refractivity contribution >= 4 is 17.9 Å². The van der Waals surface area contributed by atoms with Gasteiger partial charge in [0.1, 0.15) is 12.3 Å². The van der Waals surface area contributed by atoms with Crippen molar-refractivity contribution in [1.82, 2.24) is 15.3 Å². The summed E-state index contributed by atoms with van der Waals surface area (Å²) in [7, 11) is 0. The maximum Gasteiger partial charge on any atom is 0.300 e. The molecule has 8 nitrogen and oxygen atoms in total. The van der Waals surface area contributed by atoms with Gasteiger partial charge in [0.2, 0.25) is 5.96 Å². The van der Waals surface area contributed by atoms with Crippen LogP contribution in [0.4, 0.5) is 0 Å². The Balaban J connectivity index is 2.01. The Morgan fingerprint density at radius 3 is 3.06 bits per heavy atom. The monoisotopic (exact) mass is 234 g/mol. The third-order valence-corrected chi connectivity index (χ3v) is 1.82. The second-order valence-electron chi connectivity index (χ2n) is 3.05. The number of guanidine groups is 1. The maximum absolute atomic E-state index is 11.5. The second-order valence-corrected chi connectivity index (χ2v) is 3.05. The summed E-state index contributed by atoms with van der Waals surface area (Å²) in [5, 5.41) is 2.57. The number of rotatable bonds is 1. The molecule has 1 amide bonds. The highest BCUT2D eigenvalue weighted by Crippen LogP contribution is 1.94. The minimum absolute atomic E-state index is 0.0960. The predicted octanol–water partition coefficient (Wildman–Crippen LogP) is -1.09. The van der Waals surface area contributed by atoms with Gasteiger partial charge in [-0.25, -0.2) is 9.98 Å². The summed E-state index contributed by atoms with van der Waals surface area (Å²) in [6, 6.07) is 0.262. The molecule has 0 aliphatic carbocycles. The van der Waals surface area contributed by atoms with Crippen LogP contribution >= 0.6 is 0 Å². The summed E-state index contributed by atoms with van der Waals surface area (Å²) >= 11 is 0. The van der Waals surface area contributed by atoms with Gasteiger partial charge in [0.25, 0.3) is 11.9 Å². The van der Waals surface area contributed by atoms with Gasteiger partial charge in [-0.05, 0) is 0 Å². The standard InChI is InChI=1S/C9H10N6O2/c10-8(15-9-13-3-4-17-9)14-7(16)6-5-11-1-2-12-6/h1-2,5H,3-4H2,(H3,10,13,14,15,16). The summed E-state index contributed by atoms with van der Waals surface area (Å²) in [4.78, 5) is 26.6. The van der Waals surface area contributed by atoms with Crippen molar-refractivity contribution in [2.24, 2.45) is 15.7 Å². The molecule has 0 radical (unpaired) electrons. The average molecular weight is 234 g/mol. The number of amides is 1. The fourth-order valence-electron chi connectivity index (χ4n) is 1.12. The third-order valence-electron chi connectivity index (χ3n) is 1.82. The van der Waals surface area contributed by atoms with Crippen LogP contribution in [0, 0.1) is 0 Å². The fourth-order valence-corrected chi connectivity index (χ4v) is 1.12. The van der Waals surface area contributed by atoms with Gasteiger partial charge in [0, 0.05) is 12.4 Å². The number of hydrogen-bond acceptors (Lipinski definition) is 5. The molecule has 2 heterocycles. The van der Waals surface area contributed by atoms with Crippen LogP contribution in [0.5, 0.6) is 0 Å². The number of nitrogens with one attached hydrogen (secondary N) is 1. The van der Waals surface area contributed by atoms with Crippen molar-refractivity contribution in [3.63, 3.8) is 0 Å². The minimum Gasteiger partial charge on any atom is -0.463 e. The number of ether oxygens (including phenoxy) is 1. The third kappa shape index (κ3) is 2.97. The van der Waals surface area contributed by atoms with Gasteiger partial charge >= 0.3 is 0 Å². The molecule has 0 fully saturated rings. The highest BCUT2D eigenvalue weighted by Gasteiger charge is 2.10. The summed E-state index contributed by atoms with van der Waals surface area (Å²) in [6.07, 6.45) is 4.17. The summed E-state index contributed by atoms with van der Waals surface area (Å²) in [6.45, 7) is 1.06. The van der Waals surface area contributed by atoms with Crippen molar-refractivity contribution in [3.05, 3.63) is 24.3 Å².